The zero-order chi connectivity index (χ0) is 24.2. The van der Waals surface area contributed by atoms with E-state index < -0.39 is 22.7 Å². The Morgan fingerprint density at radius 1 is 0.970 bits per heavy atom. The second kappa shape index (κ2) is 10.2. The summed E-state index contributed by atoms with van der Waals surface area (Å²) >= 11 is 5.59. The Labute approximate surface area is 194 Å². The summed E-state index contributed by atoms with van der Waals surface area (Å²) < 4.78 is 38.9. The van der Waals surface area contributed by atoms with E-state index in [9.17, 15) is 22.8 Å². The van der Waals surface area contributed by atoms with Crippen molar-refractivity contribution in [2.45, 2.75) is 19.1 Å². The number of alkyl halides is 3. The minimum Gasteiger partial charge on any atom is -0.348 e. The number of halogens is 4. The first-order chi connectivity index (χ1) is 15.5. The predicted octanol–water partition coefficient (Wildman–Crippen LogP) is 5.26. The molecule has 2 amide bonds. The van der Waals surface area contributed by atoms with Gasteiger partial charge in [-0.2, -0.15) is 13.2 Å². The Morgan fingerprint density at radius 3 is 2.33 bits per heavy atom. The molecule has 3 aromatic carbocycles. The van der Waals surface area contributed by atoms with Gasteiger partial charge in [0.1, 0.15) is 0 Å². The van der Waals surface area contributed by atoms with Gasteiger partial charge in [0.05, 0.1) is 29.7 Å². The van der Waals surface area contributed by atoms with E-state index in [2.05, 4.69) is 10.6 Å². The molecule has 0 aliphatic rings. The second-order valence-corrected chi connectivity index (χ2v) is 8.22. The minimum absolute atomic E-state index is 0.0282. The monoisotopic (exact) mass is 477 g/mol. The lowest BCUT2D eigenvalue weighted by Crippen LogP contribution is -2.39. The molecule has 0 heterocycles. The van der Waals surface area contributed by atoms with E-state index in [1.54, 1.807) is 7.05 Å². The average molecular weight is 478 g/mol. The van der Waals surface area contributed by atoms with Gasteiger partial charge in [-0.15, -0.1) is 0 Å². The fourth-order valence-electron chi connectivity index (χ4n) is 3.41. The van der Waals surface area contributed by atoms with E-state index in [4.69, 9.17) is 11.6 Å². The van der Waals surface area contributed by atoms with Gasteiger partial charge in [0.15, 0.2) is 0 Å². The van der Waals surface area contributed by atoms with Gasteiger partial charge >= 0.3 is 6.18 Å². The van der Waals surface area contributed by atoms with Crippen LogP contribution in [0.2, 0.25) is 5.02 Å². The largest absolute Gasteiger partial charge is 0.417 e. The molecule has 2 N–H and O–H groups in total. The van der Waals surface area contributed by atoms with Crippen LogP contribution in [0.3, 0.4) is 0 Å². The van der Waals surface area contributed by atoms with Crippen molar-refractivity contribution >= 4 is 39.9 Å². The third kappa shape index (κ3) is 6.69. The van der Waals surface area contributed by atoms with Crippen LogP contribution in [-0.2, 0) is 15.8 Å². The Bertz CT molecular complexity index is 1170. The summed E-state index contributed by atoms with van der Waals surface area (Å²) in [4.78, 5) is 26.1. The molecule has 0 saturated carbocycles. The van der Waals surface area contributed by atoms with Gasteiger partial charge in [-0.3, -0.25) is 14.5 Å². The lowest BCUT2D eigenvalue weighted by molar-refractivity contribution is -0.137. The maximum absolute atomic E-state index is 13.0. The van der Waals surface area contributed by atoms with E-state index in [0.717, 1.165) is 28.5 Å². The molecule has 0 aliphatic carbocycles. The zero-order valence-electron chi connectivity index (χ0n) is 18.0. The number of benzene rings is 3. The number of nitrogens with one attached hydrogen (secondary N) is 2. The van der Waals surface area contributed by atoms with Crippen molar-refractivity contribution in [2.75, 3.05) is 25.5 Å². The van der Waals surface area contributed by atoms with Crippen molar-refractivity contribution in [1.82, 2.24) is 10.2 Å². The Hall–Kier alpha value is -3.10. The molecule has 5 nitrogen and oxygen atoms in total. The van der Waals surface area contributed by atoms with Gasteiger partial charge in [0.2, 0.25) is 11.8 Å². The smallest absolute Gasteiger partial charge is 0.348 e. The summed E-state index contributed by atoms with van der Waals surface area (Å²) in [6.45, 7) is 1.63. The fourth-order valence-corrected chi connectivity index (χ4v) is 3.64. The molecule has 33 heavy (non-hydrogen) atoms. The van der Waals surface area contributed by atoms with Crippen LogP contribution < -0.4 is 10.6 Å². The van der Waals surface area contributed by atoms with Gasteiger partial charge in [-0.25, -0.2) is 0 Å². The Morgan fingerprint density at radius 2 is 1.64 bits per heavy atom. The number of carbonyl (C=O) groups excluding carboxylic acids is 2. The summed E-state index contributed by atoms with van der Waals surface area (Å²) in [5, 5.41) is 7.02. The lowest BCUT2D eigenvalue weighted by atomic mass is 10.0. The highest BCUT2D eigenvalue weighted by molar-refractivity contribution is 6.31. The van der Waals surface area contributed by atoms with Gasteiger partial charge in [0.25, 0.3) is 0 Å². The number of likely N-dealkylation sites (N-methyl/N-ethyl adjacent to an activating group) is 1. The molecule has 3 rings (SSSR count). The highest BCUT2D eigenvalue weighted by Gasteiger charge is 2.33. The van der Waals surface area contributed by atoms with E-state index >= 15 is 0 Å². The molecule has 0 aromatic heterocycles. The molecule has 0 bridgehead atoms. The van der Waals surface area contributed by atoms with Crippen LogP contribution in [0.5, 0.6) is 0 Å². The minimum atomic E-state index is -4.63. The van der Waals surface area contributed by atoms with E-state index in [-0.39, 0.29) is 30.7 Å². The van der Waals surface area contributed by atoms with Crippen LogP contribution in [0, 0.1) is 0 Å². The summed E-state index contributed by atoms with van der Waals surface area (Å²) in [5.74, 6) is -0.833. The predicted molar refractivity (Wildman–Crippen MR) is 123 cm³/mol. The topological polar surface area (TPSA) is 61.4 Å². The molecule has 0 unspecified atom stereocenters. The van der Waals surface area contributed by atoms with Gasteiger partial charge in [-0.1, -0.05) is 48.0 Å². The van der Waals surface area contributed by atoms with E-state index in [1.165, 1.54) is 11.0 Å². The summed E-state index contributed by atoms with van der Waals surface area (Å²) in [6, 6.07) is 16.8. The fraction of sp³-hybridized carbons (Fsp3) is 0.250. The van der Waals surface area contributed by atoms with Crippen molar-refractivity contribution in [3.8, 4) is 0 Å². The van der Waals surface area contributed by atoms with Crippen molar-refractivity contribution < 1.29 is 22.8 Å². The molecule has 0 radical (unpaired) electrons. The summed E-state index contributed by atoms with van der Waals surface area (Å²) in [5.41, 5.74) is -0.109. The van der Waals surface area contributed by atoms with E-state index in [0.29, 0.717) is 0 Å². The normalized spacial score (nSPS) is 12.6. The quantitative estimate of drug-likeness (QED) is 0.488. The van der Waals surface area contributed by atoms with Crippen LogP contribution >= 0.6 is 11.6 Å². The van der Waals surface area contributed by atoms with Crippen molar-refractivity contribution in [3.05, 3.63) is 76.8 Å². The van der Waals surface area contributed by atoms with Crippen LogP contribution in [0.1, 0.15) is 24.1 Å². The highest BCUT2D eigenvalue weighted by Crippen LogP contribution is 2.36. The second-order valence-electron chi connectivity index (χ2n) is 7.81. The number of hydrogen-bond donors (Lipinski definition) is 2. The third-order valence-electron chi connectivity index (χ3n) is 5.03. The maximum atomic E-state index is 13.0. The molecule has 0 aliphatic heterocycles. The van der Waals surface area contributed by atoms with Crippen LogP contribution in [0.15, 0.2) is 60.7 Å². The lowest BCUT2D eigenvalue weighted by Gasteiger charge is -2.19. The SMILES string of the molecule is C[C@H](NC(=O)CN(C)CC(=O)Nc1ccc(Cl)c(C(F)(F)F)c1)c1ccc2ccccc2c1. The number of amides is 2. The molecular formula is C24H23ClF3N3O2. The van der Waals surface area contributed by atoms with Crippen LogP contribution in [0.25, 0.3) is 10.8 Å². The van der Waals surface area contributed by atoms with Crippen molar-refractivity contribution in [3.63, 3.8) is 0 Å². The number of rotatable bonds is 7. The van der Waals surface area contributed by atoms with Crippen molar-refractivity contribution in [1.29, 1.82) is 0 Å². The summed E-state index contributed by atoms with van der Waals surface area (Å²) in [7, 11) is 1.57. The average Bonchev–Trinajstić information content (AvgIpc) is 2.73. The van der Waals surface area contributed by atoms with Crippen LogP contribution in [-0.4, -0.2) is 36.9 Å². The zero-order valence-corrected chi connectivity index (χ0v) is 18.8. The van der Waals surface area contributed by atoms with E-state index in [1.807, 2.05) is 49.4 Å². The molecule has 1 atom stereocenters. The molecule has 0 spiro atoms. The van der Waals surface area contributed by atoms with Gasteiger partial charge in [-0.05, 0) is 54.6 Å². The molecular weight excluding hydrogens is 455 g/mol. The van der Waals surface area contributed by atoms with Crippen molar-refractivity contribution in [2.24, 2.45) is 0 Å². The highest BCUT2D eigenvalue weighted by atomic mass is 35.5. The molecule has 0 saturated heterocycles. The maximum Gasteiger partial charge on any atom is 0.417 e. The third-order valence-corrected chi connectivity index (χ3v) is 5.36. The Kier molecular flexibility index (Phi) is 7.61. The number of fused-ring (bicyclic) bond motifs is 1. The first-order valence-corrected chi connectivity index (χ1v) is 10.5. The first-order valence-electron chi connectivity index (χ1n) is 10.2. The van der Waals surface area contributed by atoms with Crippen LogP contribution in [0.4, 0.5) is 18.9 Å². The standard InChI is InChI=1S/C24H23ClF3N3O2/c1-15(17-8-7-16-5-3-4-6-18(16)11-17)29-22(32)13-31(2)14-23(33)30-19-9-10-21(25)20(12-19)24(26,27)28/h3-12,15H,13-14H2,1-2H3,(H,29,32)(H,30,33)/t15-/m0/s1. The number of nitrogens with zero attached hydrogens (tertiary/aromatic N) is 1. The molecule has 174 valence electrons. The number of carbonyl (C=O) groups is 2. The molecule has 9 heteroatoms. The van der Waals surface area contributed by atoms with Gasteiger partial charge < -0.3 is 10.6 Å². The number of anilines is 1. The van der Waals surface area contributed by atoms with Gasteiger partial charge in [0, 0.05) is 5.69 Å². The first kappa shape index (κ1) is 24.5. The number of hydrogen-bond acceptors (Lipinski definition) is 3. The molecule has 0 fully saturated rings. The molecule has 3 aromatic rings. The summed E-state index contributed by atoms with van der Waals surface area (Å²) in [6.07, 6.45) is -4.63. The Balaban J connectivity index is 1.52.